The van der Waals surface area contributed by atoms with Gasteiger partial charge in [0.1, 0.15) is 0 Å². The van der Waals surface area contributed by atoms with Crippen LogP contribution >= 0.6 is 0 Å². The first kappa shape index (κ1) is 18.7. The second-order valence-corrected chi connectivity index (χ2v) is 7.93. The normalized spacial score (nSPS) is 17.8. The van der Waals surface area contributed by atoms with Gasteiger partial charge in [-0.05, 0) is 29.3 Å². The Morgan fingerprint density at radius 1 is 1.15 bits per heavy atom. The quantitative estimate of drug-likeness (QED) is 0.755. The summed E-state index contributed by atoms with van der Waals surface area (Å²) in [5.41, 5.74) is 1.57. The third-order valence-electron chi connectivity index (χ3n) is 4.14. The Bertz CT molecular complexity index is 897. The lowest BCUT2D eigenvalue weighted by Crippen LogP contribution is -2.40. The van der Waals surface area contributed by atoms with Gasteiger partial charge in [-0.2, -0.15) is 21.6 Å². The van der Waals surface area contributed by atoms with Crippen molar-refractivity contribution in [3.63, 3.8) is 0 Å². The highest BCUT2D eigenvalue weighted by molar-refractivity contribution is 7.86. The zero-order valence-electron chi connectivity index (χ0n) is 14.0. The molecule has 3 rings (SSSR count). The van der Waals surface area contributed by atoms with Crippen LogP contribution in [0.4, 0.5) is 18.9 Å². The van der Waals surface area contributed by atoms with E-state index in [0.717, 1.165) is 29.6 Å². The fourth-order valence-electron chi connectivity index (χ4n) is 3.17. The monoisotopic (exact) mass is 385 g/mol. The molecule has 1 aliphatic rings. The maximum atomic E-state index is 12.9. The number of benzene rings is 2. The molecular formula is C18H18F3NO3S. The molecule has 8 heteroatoms. The summed E-state index contributed by atoms with van der Waals surface area (Å²) in [5.74, 6) is 0. The molecule has 0 fully saturated rings. The highest BCUT2D eigenvalue weighted by atomic mass is 32.2. The zero-order chi connectivity index (χ0) is 18.9. The average molecular weight is 385 g/mol. The van der Waals surface area contributed by atoms with Gasteiger partial charge in [0.05, 0.1) is 17.9 Å². The Labute approximate surface area is 150 Å². The summed E-state index contributed by atoms with van der Waals surface area (Å²) in [7, 11) is -3.62. The lowest BCUT2D eigenvalue weighted by molar-refractivity contribution is -0.137. The van der Waals surface area contributed by atoms with Crippen molar-refractivity contribution < 1.29 is 25.8 Å². The summed E-state index contributed by atoms with van der Waals surface area (Å²) >= 11 is 0. The van der Waals surface area contributed by atoms with Crippen molar-refractivity contribution in [3.8, 4) is 0 Å². The summed E-state index contributed by atoms with van der Waals surface area (Å²) in [5, 5.41) is 0. The van der Waals surface area contributed by atoms with Crippen LogP contribution in [-0.4, -0.2) is 27.3 Å². The summed E-state index contributed by atoms with van der Waals surface area (Å²) in [6.07, 6.45) is -3.56. The molecule has 0 bridgehead atoms. The van der Waals surface area contributed by atoms with Gasteiger partial charge in [0, 0.05) is 25.2 Å². The van der Waals surface area contributed by atoms with E-state index in [9.17, 15) is 21.6 Å². The fraction of sp³-hybridized carbons (Fsp3) is 0.333. The molecule has 0 spiro atoms. The molecule has 2 aromatic carbocycles. The molecule has 4 nitrogen and oxygen atoms in total. The largest absolute Gasteiger partial charge is 0.416 e. The Balaban J connectivity index is 1.88. The highest BCUT2D eigenvalue weighted by Gasteiger charge is 2.31. The van der Waals surface area contributed by atoms with Gasteiger partial charge in [0.2, 0.25) is 0 Å². The van der Waals surface area contributed by atoms with Crippen LogP contribution in [0.25, 0.3) is 0 Å². The second-order valence-electron chi connectivity index (χ2n) is 6.33. The number of alkyl halides is 3. The molecule has 1 atom stereocenters. The van der Waals surface area contributed by atoms with Crippen LogP contribution in [-0.2, 0) is 33.4 Å². The Morgan fingerprint density at radius 2 is 1.88 bits per heavy atom. The number of halogens is 3. The van der Waals surface area contributed by atoms with E-state index in [4.69, 9.17) is 4.18 Å². The first-order valence-electron chi connectivity index (χ1n) is 7.99. The number of hydrogen-bond donors (Lipinski definition) is 0. The lowest BCUT2D eigenvalue weighted by atomic mass is 9.99. The SMILES string of the molecule is CS(=O)(=O)OC1Cc2ccccc2N(Cc2cccc(C(F)(F)F)c2)C1. The number of anilines is 1. The minimum absolute atomic E-state index is 0.227. The predicted molar refractivity (Wildman–Crippen MR) is 92.4 cm³/mol. The van der Waals surface area contributed by atoms with E-state index < -0.39 is 28.0 Å². The summed E-state index contributed by atoms with van der Waals surface area (Å²) in [6, 6.07) is 12.6. The summed E-state index contributed by atoms with van der Waals surface area (Å²) in [4.78, 5) is 1.85. The maximum absolute atomic E-state index is 12.9. The van der Waals surface area contributed by atoms with Crippen molar-refractivity contribution in [2.45, 2.75) is 25.2 Å². The molecule has 26 heavy (non-hydrogen) atoms. The van der Waals surface area contributed by atoms with Crippen molar-refractivity contribution in [2.24, 2.45) is 0 Å². The predicted octanol–water partition coefficient (Wildman–Crippen LogP) is 3.61. The molecule has 0 aliphatic carbocycles. The molecule has 0 amide bonds. The van der Waals surface area contributed by atoms with Gasteiger partial charge in [-0.1, -0.05) is 30.3 Å². The lowest BCUT2D eigenvalue weighted by Gasteiger charge is -2.35. The number of nitrogens with zero attached hydrogens (tertiary/aromatic N) is 1. The van der Waals surface area contributed by atoms with Crippen LogP contribution in [0.5, 0.6) is 0 Å². The van der Waals surface area contributed by atoms with Crippen molar-refractivity contribution in [3.05, 3.63) is 65.2 Å². The standard InChI is InChI=1S/C18H18F3NO3S/c1-26(23,24)25-16-10-14-6-2-3-8-17(14)22(12-16)11-13-5-4-7-15(9-13)18(19,20)21/h2-9,16H,10-12H2,1H3. The minimum Gasteiger partial charge on any atom is -0.364 e. The fourth-order valence-corrected chi connectivity index (χ4v) is 3.80. The second kappa shape index (κ2) is 6.92. The van der Waals surface area contributed by atoms with Crippen molar-refractivity contribution in [1.29, 1.82) is 0 Å². The number of fused-ring (bicyclic) bond motifs is 1. The molecule has 0 N–H and O–H groups in total. The van der Waals surface area contributed by atoms with Crippen LogP contribution in [0.15, 0.2) is 48.5 Å². The Morgan fingerprint density at radius 3 is 2.58 bits per heavy atom. The van der Waals surface area contributed by atoms with E-state index in [1.807, 2.05) is 29.2 Å². The summed E-state index contributed by atoms with van der Waals surface area (Å²) < 4.78 is 66.9. The van der Waals surface area contributed by atoms with Crippen LogP contribution in [0.2, 0.25) is 0 Å². The van der Waals surface area contributed by atoms with Crippen molar-refractivity contribution >= 4 is 15.8 Å². The first-order chi connectivity index (χ1) is 12.1. The molecule has 0 aromatic heterocycles. The Kier molecular flexibility index (Phi) is 4.98. The zero-order valence-corrected chi connectivity index (χ0v) is 14.8. The van der Waals surface area contributed by atoms with Gasteiger partial charge < -0.3 is 4.90 Å². The number of hydrogen-bond acceptors (Lipinski definition) is 4. The van der Waals surface area contributed by atoms with Crippen molar-refractivity contribution in [1.82, 2.24) is 0 Å². The number of rotatable bonds is 4. The van der Waals surface area contributed by atoms with Crippen LogP contribution in [0.3, 0.4) is 0 Å². The van der Waals surface area contributed by atoms with Gasteiger partial charge in [-0.15, -0.1) is 0 Å². The van der Waals surface area contributed by atoms with Gasteiger partial charge in [0.25, 0.3) is 10.1 Å². The molecule has 1 heterocycles. The molecule has 2 aromatic rings. The van der Waals surface area contributed by atoms with Crippen LogP contribution < -0.4 is 4.90 Å². The van der Waals surface area contributed by atoms with Crippen molar-refractivity contribution in [2.75, 3.05) is 17.7 Å². The Hall–Kier alpha value is -2.06. The molecule has 1 aliphatic heterocycles. The van der Waals surface area contributed by atoms with Gasteiger partial charge in [0.15, 0.2) is 0 Å². The van der Waals surface area contributed by atoms with Gasteiger partial charge >= 0.3 is 6.18 Å². The molecule has 140 valence electrons. The average Bonchev–Trinajstić information content (AvgIpc) is 2.53. The van der Waals surface area contributed by atoms with E-state index in [2.05, 4.69) is 0 Å². The van der Waals surface area contributed by atoms with E-state index >= 15 is 0 Å². The summed E-state index contributed by atoms with van der Waals surface area (Å²) in [6.45, 7) is 0.505. The molecule has 1 unspecified atom stereocenters. The third-order valence-corrected chi connectivity index (χ3v) is 4.76. The van der Waals surface area contributed by atoms with E-state index in [-0.39, 0.29) is 13.1 Å². The van der Waals surface area contributed by atoms with Gasteiger partial charge in [-0.25, -0.2) is 0 Å². The first-order valence-corrected chi connectivity index (χ1v) is 9.81. The molecule has 0 saturated carbocycles. The topological polar surface area (TPSA) is 46.6 Å². The molecule has 0 radical (unpaired) electrons. The van der Waals surface area contributed by atoms with E-state index in [1.54, 1.807) is 6.07 Å². The minimum atomic E-state index is -4.41. The van der Waals surface area contributed by atoms with Crippen LogP contribution in [0.1, 0.15) is 16.7 Å². The molecular weight excluding hydrogens is 367 g/mol. The highest BCUT2D eigenvalue weighted by Crippen LogP contribution is 2.32. The maximum Gasteiger partial charge on any atom is 0.416 e. The van der Waals surface area contributed by atoms with Gasteiger partial charge in [-0.3, -0.25) is 4.18 Å². The molecule has 0 saturated heterocycles. The van der Waals surface area contributed by atoms with Crippen LogP contribution in [0, 0.1) is 0 Å². The smallest absolute Gasteiger partial charge is 0.364 e. The van der Waals surface area contributed by atoms with E-state index in [1.165, 1.54) is 6.07 Å². The number of para-hydroxylation sites is 1. The van der Waals surface area contributed by atoms with E-state index in [0.29, 0.717) is 12.0 Å². The third kappa shape index (κ3) is 4.56.